The highest BCUT2D eigenvalue weighted by molar-refractivity contribution is 5.72. The van der Waals surface area contributed by atoms with Crippen LogP contribution < -0.4 is 5.32 Å². The van der Waals surface area contributed by atoms with Crippen LogP contribution in [0.4, 0.5) is 0 Å². The van der Waals surface area contributed by atoms with Crippen LogP contribution in [0.5, 0.6) is 0 Å². The fourth-order valence-corrected chi connectivity index (χ4v) is 0.513. The maximum atomic E-state index is 10.3. The molecule has 0 aromatic carbocycles. The fraction of sp³-hybridized carbons (Fsp3) is 0.857. The minimum absolute atomic E-state index is 0.0526. The van der Waals surface area contributed by atoms with Crippen molar-refractivity contribution in [3.63, 3.8) is 0 Å². The van der Waals surface area contributed by atoms with Gasteiger partial charge in [-0.25, -0.2) is 0 Å². The third-order valence-corrected chi connectivity index (χ3v) is 1.48. The molecule has 0 aromatic heterocycles. The van der Waals surface area contributed by atoms with Crippen LogP contribution in [0.15, 0.2) is 0 Å². The predicted octanol–water partition coefficient (Wildman–Crippen LogP) is 0.0840. The molecule has 0 fully saturated rings. The van der Waals surface area contributed by atoms with Crippen molar-refractivity contribution in [2.24, 2.45) is 0 Å². The van der Waals surface area contributed by atoms with E-state index in [9.17, 15) is 4.79 Å². The number of rotatable bonds is 5. The molecule has 4 nitrogen and oxygen atoms in total. The normalized spacial score (nSPS) is 15.9. The lowest BCUT2D eigenvalue weighted by atomic mass is 10.3. The molecule has 0 aliphatic rings. The molecule has 0 spiro atoms. The van der Waals surface area contributed by atoms with E-state index in [0.717, 1.165) is 0 Å². The smallest absolute Gasteiger partial charge is 0.320 e. The number of hydrogen-bond donors (Lipinski definition) is 2. The summed E-state index contributed by atoms with van der Waals surface area (Å²) in [5.74, 6) is -0.840. The highest BCUT2D eigenvalue weighted by Gasteiger charge is 2.10. The van der Waals surface area contributed by atoms with Gasteiger partial charge in [-0.05, 0) is 13.8 Å². The third-order valence-electron chi connectivity index (χ3n) is 1.48. The molecule has 0 aliphatic carbocycles. The van der Waals surface area contributed by atoms with Gasteiger partial charge in [-0.3, -0.25) is 4.79 Å². The van der Waals surface area contributed by atoms with Gasteiger partial charge in [0.05, 0.1) is 6.10 Å². The van der Waals surface area contributed by atoms with E-state index in [1.165, 1.54) is 0 Å². The van der Waals surface area contributed by atoms with Crippen molar-refractivity contribution in [1.82, 2.24) is 5.32 Å². The Labute approximate surface area is 66.5 Å². The van der Waals surface area contributed by atoms with E-state index < -0.39 is 12.0 Å². The lowest BCUT2D eigenvalue weighted by molar-refractivity contribution is -0.139. The molecule has 0 aromatic rings. The van der Waals surface area contributed by atoms with Crippen molar-refractivity contribution in [3.05, 3.63) is 0 Å². The summed E-state index contributed by atoms with van der Waals surface area (Å²) in [4.78, 5) is 10.3. The maximum absolute atomic E-state index is 10.3. The Bertz CT molecular complexity index is 127. The second-order valence-corrected chi connectivity index (χ2v) is 2.51. The highest BCUT2D eigenvalue weighted by atomic mass is 16.5. The summed E-state index contributed by atoms with van der Waals surface area (Å²) in [7, 11) is 1.60. The molecule has 11 heavy (non-hydrogen) atoms. The summed E-state index contributed by atoms with van der Waals surface area (Å²) < 4.78 is 4.92. The van der Waals surface area contributed by atoms with E-state index in [-0.39, 0.29) is 6.10 Å². The lowest BCUT2D eigenvalue weighted by Crippen LogP contribution is -2.38. The SMILES string of the molecule is COC(C)CNC(C)C(=O)O. The summed E-state index contributed by atoms with van der Waals surface area (Å²) >= 11 is 0. The van der Waals surface area contributed by atoms with Crippen LogP contribution in [0.25, 0.3) is 0 Å². The summed E-state index contributed by atoms with van der Waals surface area (Å²) in [5, 5.41) is 11.3. The van der Waals surface area contributed by atoms with Crippen molar-refractivity contribution >= 4 is 5.97 Å². The van der Waals surface area contributed by atoms with Gasteiger partial charge in [0, 0.05) is 13.7 Å². The fourth-order valence-electron chi connectivity index (χ4n) is 0.513. The Hall–Kier alpha value is -0.610. The van der Waals surface area contributed by atoms with Gasteiger partial charge in [0.25, 0.3) is 0 Å². The topological polar surface area (TPSA) is 58.6 Å². The van der Waals surface area contributed by atoms with Crippen LogP contribution in [-0.4, -0.2) is 36.9 Å². The number of methoxy groups -OCH3 is 1. The first-order valence-corrected chi connectivity index (χ1v) is 3.57. The first-order chi connectivity index (χ1) is 5.07. The zero-order valence-corrected chi connectivity index (χ0v) is 7.13. The van der Waals surface area contributed by atoms with Gasteiger partial charge in [-0.2, -0.15) is 0 Å². The van der Waals surface area contributed by atoms with Gasteiger partial charge in [0.1, 0.15) is 6.04 Å². The van der Waals surface area contributed by atoms with Crippen molar-refractivity contribution in [1.29, 1.82) is 0 Å². The summed E-state index contributed by atoms with van der Waals surface area (Å²) in [6.07, 6.45) is 0.0526. The molecular weight excluding hydrogens is 146 g/mol. The van der Waals surface area contributed by atoms with Crippen LogP contribution in [-0.2, 0) is 9.53 Å². The van der Waals surface area contributed by atoms with Crippen LogP contribution >= 0.6 is 0 Å². The van der Waals surface area contributed by atoms with Gasteiger partial charge in [-0.1, -0.05) is 0 Å². The van der Waals surface area contributed by atoms with E-state index in [1.807, 2.05) is 6.92 Å². The van der Waals surface area contributed by atoms with Crippen molar-refractivity contribution in [2.75, 3.05) is 13.7 Å². The molecule has 0 heterocycles. The molecular formula is C7H15NO3. The number of carboxylic acid groups (broad SMARTS) is 1. The molecule has 0 saturated heterocycles. The van der Waals surface area contributed by atoms with Gasteiger partial charge in [0.15, 0.2) is 0 Å². The number of carboxylic acids is 1. The molecule has 0 saturated carbocycles. The number of ether oxygens (including phenoxy) is 1. The van der Waals surface area contributed by atoms with Gasteiger partial charge in [-0.15, -0.1) is 0 Å². The minimum atomic E-state index is -0.840. The average Bonchev–Trinajstić information content (AvgIpc) is 1.99. The van der Waals surface area contributed by atoms with Crippen molar-refractivity contribution < 1.29 is 14.6 Å². The predicted molar refractivity (Wildman–Crippen MR) is 41.6 cm³/mol. The van der Waals surface area contributed by atoms with E-state index in [1.54, 1.807) is 14.0 Å². The minimum Gasteiger partial charge on any atom is -0.480 e. The number of aliphatic carboxylic acids is 1. The molecule has 2 N–H and O–H groups in total. The Morgan fingerprint density at radius 3 is 2.55 bits per heavy atom. The summed E-state index contributed by atoms with van der Waals surface area (Å²) in [6, 6.07) is -0.507. The van der Waals surface area contributed by atoms with Gasteiger partial charge < -0.3 is 15.2 Å². The van der Waals surface area contributed by atoms with Crippen molar-refractivity contribution in [3.8, 4) is 0 Å². The Morgan fingerprint density at radius 1 is 1.64 bits per heavy atom. The van der Waals surface area contributed by atoms with Crippen LogP contribution in [0, 0.1) is 0 Å². The Kier molecular flexibility index (Phi) is 4.81. The van der Waals surface area contributed by atoms with E-state index >= 15 is 0 Å². The maximum Gasteiger partial charge on any atom is 0.320 e. The monoisotopic (exact) mass is 161 g/mol. The summed E-state index contributed by atoms with van der Waals surface area (Å²) in [6.45, 7) is 4.04. The van der Waals surface area contributed by atoms with E-state index in [4.69, 9.17) is 9.84 Å². The third kappa shape index (κ3) is 4.75. The molecule has 0 bridgehead atoms. The first-order valence-electron chi connectivity index (χ1n) is 3.57. The first kappa shape index (κ1) is 10.4. The molecule has 2 unspecified atom stereocenters. The molecule has 66 valence electrons. The standard InChI is InChI=1S/C7H15NO3/c1-5(11-3)4-8-6(2)7(9)10/h5-6,8H,4H2,1-3H3,(H,9,10). The van der Waals surface area contributed by atoms with Crippen LogP contribution in [0.3, 0.4) is 0 Å². The quantitative estimate of drug-likeness (QED) is 0.599. The molecule has 0 radical (unpaired) electrons. The molecule has 0 aliphatic heterocycles. The number of hydrogen-bond acceptors (Lipinski definition) is 3. The van der Waals surface area contributed by atoms with Gasteiger partial charge >= 0.3 is 5.97 Å². The zero-order chi connectivity index (χ0) is 8.85. The average molecular weight is 161 g/mol. The van der Waals surface area contributed by atoms with Crippen molar-refractivity contribution in [2.45, 2.75) is 26.0 Å². The molecule has 2 atom stereocenters. The number of carbonyl (C=O) groups is 1. The Morgan fingerprint density at radius 2 is 2.18 bits per heavy atom. The second-order valence-electron chi connectivity index (χ2n) is 2.51. The van der Waals surface area contributed by atoms with E-state index in [0.29, 0.717) is 6.54 Å². The van der Waals surface area contributed by atoms with E-state index in [2.05, 4.69) is 5.32 Å². The molecule has 0 rings (SSSR count). The van der Waals surface area contributed by atoms with Crippen LogP contribution in [0.2, 0.25) is 0 Å². The van der Waals surface area contributed by atoms with Gasteiger partial charge in [0.2, 0.25) is 0 Å². The second kappa shape index (κ2) is 5.09. The largest absolute Gasteiger partial charge is 0.480 e. The summed E-state index contributed by atoms with van der Waals surface area (Å²) in [5.41, 5.74) is 0. The highest BCUT2D eigenvalue weighted by Crippen LogP contribution is 1.86. The molecule has 0 amide bonds. The zero-order valence-electron chi connectivity index (χ0n) is 7.13. The lowest BCUT2D eigenvalue weighted by Gasteiger charge is -2.13. The number of nitrogens with one attached hydrogen (secondary N) is 1. The van der Waals surface area contributed by atoms with Crippen LogP contribution in [0.1, 0.15) is 13.8 Å². The molecule has 4 heteroatoms. The Balaban J connectivity index is 3.45.